The van der Waals surface area contributed by atoms with Crippen molar-refractivity contribution in [2.75, 3.05) is 25.0 Å². The third-order valence-corrected chi connectivity index (χ3v) is 4.79. The molecule has 0 radical (unpaired) electrons. The van der Waals surface area contributed by atoms with Crippen LogP contribution >= 0.6 is 0 Å². The maximum absolute atomic E-state index is 3.81. The summed E-state index contributed by atoms with van der Waals surface area (Å²) in [6, 6.07) is 9.49. The average molecular weight is 288 g/mol. The van der Waals surface area contributed by atoms with Crippen molar-refractivity contribution >= 4 is 5.69 Å². The van der Waals surface area contributed by atoms with E-state index in [1.807, 2.05) is 0 Å². The maximum atomic E-state index is 3.81. The van der Waals surface area contributed by atoms with Crippen molar-refractivity contribution in [3.8, 4) is 0 Å². The van der Waals surface area contributed by atoms with Gasteiger partial charge in [-0.05, 0) is 56.3 Å². The Hall–Kier alpha value is -1.02. The second-order valence-corrected chi connectivity index (χ2v) is 6.68. The number of nitrogens with one attached hydrogen (secondary N) is 1. The summed E-state index contributed by atoms with van der Waals surface area (Å²) in [6.07, 6.45) is 8.31. The van der Waals surface area contributed by atoms with Gasteiger partial charge in [0.2, 0.25) is 0 Å². The number of benzene rings is 1. The molecule has 1 unspecified atom stereocenters. The van der Waals surface area contributed by atoms with Crippen LogP contribution in [0.5, 0.6) is 0 Å². The summed E-state index contributed by atoms with van der Waals surface area (Å²) >= 11 is 0. The van der Waals surface area contributed by atoms with Gasteiger partial charge >= 0.3 is 0 Å². The Morgan fingerprint density at radius 3 is 2.67 bits per heavy atom. The Labute approximate surface area is 130 Å². The zero-order valence-electron chi connectivity index (χ0n) is 14.1. The van der Waals surface area contributed by atoms with Gasteiger partial charge in [-0.1, -0.05) is 38.3 Å². The van der Waals surface area contributed by atoms with Crippen LogP contribution in [0.4, 0.5) is 5.69 Å². The molecule has 1 atom stereocenters. The van der Waals surface area contributed by atoms with Crippen LogP contribution < -0.4 is 10.2 Å². The molecule has 0 amide bonds. The number of likely N-dealkylation sites (N-methyl/N-ethyl adjacent to an activating group) is 1. The van der Waals surface area contributed by atoms with Crippen LogP contribution in [-0.2, 0) is 0 Å². The molecule has 2 heteroatoms. The molecule has 1 aromatic rings. The van der Waals surface area contributed by atoms with Gasteiger partial charge in [0.1, 0.15) is 0 Å². The predicted molar refractivity (Wildman–Crippen MR) is 93.1 cm³/mol. The molecule has 1 fully saturated rings. The average Bonchev–Trinajstić information content (AvgIpc) is 2.52. The maximum Gasteiger partial charge on any atom is 0.0366 e. The normalized spacial score (nSPS) is 17.7. The summed E-state index contributed by atoms with van der Waals surface area (Å²) in [4.78, 5) is 2.43. The third-order valence-electron chi connectivity index (χ3n) is 4.79. The summed E-state index contributed by atoms with van der Waals surface area (Å²) in [5, 5.41) is 3.81. The lowest BCUT2D eigenvalue weighted by molar-refractivity contribution is 0.271. The van der Waals surface area contributed by atoms with Crippen molar-refractivity contribution in [3.63, 3.8) is 0 Å². The largest absolute Gasteiger partial charge is 0.373 e. The van der Waals surface area contributed by atoms with Gasteiger partial charge in [-0.15, -0.1) is 0 Å². The van der Waals surface area contributed by atoms with E-state index in [4.69, 9.17) is 0 Å². The van der Waals surface area contributed by atoms with E-state index < -0.39 is 0 Å². The number of nitrogens with zero attached hydrogens (tertiary/aromatic N) is 1. The van der Waals surface area contributed by atoms with Crippen LogP contribution in [0, 0.1) is 12.8 Å². The molecule has 0 bridgehead atoms. The van der Waals surface area contributed by atoms with Gasteiger partial charge in [0.15, 0.2) is 0 Å². The van der Waals surface area contributed by atoms with Gasteiger partial charge in [0.25, 0.3) is 0 Å². The Balaban J connectivity index is 1.99. The minimum Gasteiger partial charge on any atom is -0.373 e. The van der Waals surface area contributed by atoms with Crippen LogP contribution in [0.2, 0.25) is 0 Å². The molecule has 0 heterocycles. The predicted octanol–water partition coefficient (Wildman–Crippen LogP) is 4.38. The lowest BCUT2D eigenvalue weighted by atomic mass is 9.83. The zero-order chi connectivity index (χ0) is 15.1. The van der Waals surface area contributed by atoms with Gasteiger partial charge in [0.05, 0.1) is 0 Å². The molecule has 0 aliphatic heterocycles. The van der Waals surface area contributed by atoms with Crippen molar-refractivity contribution in [1.82, 2.24) is 5.32 Å². The first-order valence-electron chi connectivity index (χ1n) is 8.72. The number of hydrogen-bond donors (Lipinski definition) is 1. The van der Waals surface area contributed by atoms with Crippen molar-refractivity contribution in [3.05, 3.63) is 29.8 Å². The minimum atomic E-state index is 0.635. The molecule has 0 spiro atoms. The highest BCUT2D eigenvalue weighted by Gasteiger charge is 2.24. The lowest BCUT2D eigenvalue weighted by Gasteiger charge is -2.34. The number of rotatable bonds is 7. The molecular weight excluding hydrogens is 256 g/mol. The van der Waals surface area contributed by atoms with Crippen molar-refractivity contribution in [2.24, 2.45) is 5.92 Å². The summed E-state index contributed by atoms with van der Waals surface area (Å²) in [5.41, 5.74) is 2.68. The Morgan fingerprint density at radius 2 is 2.00 bits per heavy atom. The standard InChI is InChI=1S/C19H32N2/c1-4-13-20-19(17-10-6-5-7-11-17)15-21(3)18-12-8-9-16(2)14-18/h8-9,12,14,17,19-20H,4-7,10-11,13,15H2,1-3H3. The van der Waals surface area contributed by atoms with E-state index in [2.05, 4.69) is 55.4 Å². The molecule has 1 aliphatic carbocycles. The number of hydrogen-bond acceptors (Lipinski definition) is 2. The van der Waals surface area contributed by atoms with Gasteiger partial charge in [-0.25, -0.2) is 0 Å². The van der Waals surface area contributed by atoms with Crippen LogP contribution in [0.15, 0.2) is 24.3 Å². The summed E-state index contributed by atoms with van der Waals surface area (Å²) < 4.78 is 0. The molecule has 2 nitrogen and oxygen atoms in total. The minimum absolute atomic E-state index is 0.635. The molecule has 0 saturated heterocycles. The molecule has 0 aromatic heterocycles. The smallest absolute Gasteiger partial charge is 0.0366 e. The first-order chi connectivity index (χ1) is 10.2. The van der Waals surface area contributed by atoms with Crippen LogP contribution in [0.1, 0.15) is 51.0 Å². The second kappa shape index (κ2) is 8.43. The van der Waals surface area contributed by atoms with Crippen LogP contribution in [0.3, 0.4) is 0 Å². The molecule has 21 heavy (non-hydrogen) atoms. The third kappa shape index (κ3) is 5.03. The van der Waals surface area contributed by atoms with E-state index in [1.165, 1.54) is 49.8 Å². The van der Waals surface area contributed by atoms with E-state index >= 15 is 0 Å². The fourth-order valence-corrected chi connectivity index (χ4v) is 3.51. The van der Waals surface area contributed by atoms with Gasteiger partial charge in [-0.2, -0.15) is 0 Å². The second-order valence-electron chi connectivity index (χ2n) is 6.68. The quantitative estimate of drug-likeness (QED) is 0.801. The van der Waals surface area contributed by atoms with Gasteiger partial charge in [-0.3, -0.25) is 0 Å². The molecule has 1 aromatic carbocycles. The van der Waals surface area contributed by atoms with Crippen molar-refractivity contribution in [1.29, 1.82) is 0 Å². The summed E-state index contributed by atoms with van der Waals surface area (Å²) in [6.45, 7) is 6.69. The Morgan fingerprint density at radius 1 is 1.24 bits per heavy atom. The van der Waals surface area contributed by atoms with E-state index in [0.29, 0.717) is 6.04 Å². The number of aryl methyl sites for hydroxylation is 1. The zero-order valence-corrected chi connectivity index (χ0v) is 14.1. The molecular formula is C19H32N2. The van der Waals surface area contributed by atoms with Gasteiger partial charge in [0, 0.05) is 25.3 Å². The van der Waals surface area contributed by atoms with Crippen molar-refractivity contribution in [2.45, 2.75) is 58.4 Å². The molecule has 1 N–H and O–H groups in total. The fourth-order valence-electron chi connectivity index (χ4n) is 3.51. The highest BCUT2D eigenvalue weighted by molar-refractivity contribution is 5.47. The summed E-state index contributed by atoms with van der Waals surface area (Å²) in [7, 11) is 2.23. The van der Waals surface area contributed by atoms with E-state index in [9.17, 15) is 0 Å². The van der Waals surface area contributed by atoms with E-state index in [0.717, 1.165) is 19.0 Å². The number of anilines is 1. The molecule has 1 aliphatic rings. The monoisotopic (exact) mass is 288 g/mol. The fraction of sp³-hybridized carbons (Fsp3) is 0.684. The van der Waals surface area contributed by atoms with Crippen LogP contribution in [-0.4, -0.2) is 26.2 Å². The first kappa shape index (κ1) is 16.4. The van der Waals surface area contributed by atoms with E-state index in [-0.39, 0.29) is 0 Å². The van der Waals surface area contributed by atoms with E-state index in [1.54, 1.807) is 0 Å². The topological polar surface area (TPSA) is 15.3 Å². The first-order valence-corrected chi connectivity index (χ1v) is 8.72. The highest BCUT2D eigenvalue weighted by atomic mass is 15.1. The SMILES string of the molecule is CCCNC(CN(C)c1cccc(C)c1)C1CCCCC1. The Bertz CT molecular complexity index is 410. The molecule has 1 saturated carbocycles. The Kier molecular flexibility index (Phi) is 6.56. The van der Waals surface area contributed by atoms with Crippen LogP contribution in [0.25, 0.3) is 0 Å². The lowest BCUT2D eigenvalue weighted by Crippen LogP contribution is -2.45. The molecule has 118 valence electrons. The summed E-state index contributed by atoms with van der Waals surface area (Å²) in [5.74, 6) is 0.859. The van der Waals surface area contributed by atoms with Crippen molar-refractivity contribution < 1.29 is 0 Å². The highest BCUT2D eigenvalue weighted by Crippen LogP contribution is 2.27. The molecule has 2 rings (SSSR count). The van der Waals surface area contributed by atoms with Gasteiger partial charge < -0.3 is 10.2 Å².